The van der Waals surface area contributed by atoms with Crippen molar-refractivity contribution in [3.8, 4) is 0 Å². The van der Waals surface area contributed by atoms with E-state index in [1.54, 1.807) is 48.7 Å². The van der Waals surface area contributed by atoms with E-state index in [0.717, 1.165) is 43.3 Å². The Kier molecular flexibility index (Phi) is 29.7. The van der Waals surface area contributed by atoms with Gasteiger partial charge < -0.3 is 39.2 Å². The van der Waals surface area contributed by atoms with Crippen LogP contribution in [0.15, 0.2) is 71.9 Å². The number of quaternary nitrogens is 1. The maximum atomic E-state index is 14.3. The average Bonchev–Trinajstić information content (AvgIpc) is 3.74. The van der Waals surface area contributed by atoms with E-state index in [4.69, 9.17) is 34.0 Å². The molecule has 0 saturated heterocycles. The van der Waals surface area contributed by atoms with Gasteiger partial charge in [0.25, 0.3) is 5.91 Å². The predicted molar refractivity (Wildman–Crippen MR) is 306 cm³/mol. The third-order valence-electron chi connectivity index (χ3n) is 13.2. The van der Waals surface area contributed by atoms with Gasteiger partial charge in [0.1, 0.15) is 30.6 Å². The number of anilines is 2. The number of unbranched alkanes of at least 4 members (excludes halogenated alkanes) is 16. The van der Waals surface area contributed by atoms with Crippen LogP contribution in [0.5, 0.6) is 0 Å². The van der Waals surface area contributed by atoms with Crippen molar-refractivity contribution in [3.63, 3.8) is 0 Å². The van der Waals surface area contributed by atoms with Crippen LogP contribution in [0.3, 0.4) is 0 Å². The number of aliphatic imine (C=N–C) groups is 1. The minimum Gasteiger partial charge on any atom is -0.465 e. The highest BCUT2D eigenvalue weighted by Crippen LogP contribution is 2.43. The normalized spacial score (nSPS) is 13.0. The summed E-state index contributed by atoms with van der Waals surface area (Å²) in [5, 5.41) is 3.35. The van der Waals surface area contributed by atoms with Gasteiger partial charge in [-0.15, -0.1) is 0 Å². The van der Waals surface area contributed by atoms with E-state index in [1.165, 1.54) is 81.9 Å². The van der Waals surface area contributed by atoms with Gasteiger partial charge >= 0.3 is 25.9 Å². The van der Waals surface area contributed by atoms with Crippen molar-refractivity contribution >= 4 is 60.1 Å². The molecular weight excluding hydrogens is 1020 g/mol. The number of amidine groups is 1. The molecule has 2 heterocycles. The Bertz CT molecular complexity index is 2480. The van der Waals surface area contributed by atoms with E-state index in [1.807, 2.05) is 57.9 Å². The summed E-state index contributed by atoms with van der Waals surface area (Å²) in [6.07, 6.45) is 22.1. The third kappa shape index (κ3) is 25.8. The third-order valence-corrected chi connectivity index (χ3v) is 14.2. The summed E-state index contributed by atoms with van der Waals surface area (Å²) in [7, 11) is 3.16. The molecule has 2 atom stereocenters. The van der Waals surface area contributed by atoms with Gasteiger partial charge in [0, 0.05) is 43.0 Å². The summed E-state index contributed by atoms with van der Waals surface area (Å²) in [4.78, 5) is 77.4. The molecule has 0 spiro atoms. The highest BCUT2D eigenvalue weighted by molar-refractivity contribution is 7.47. The van der Waals surface area contributed by atoms with Crippen LogP contribution in [-0.2, 0) is 51.0 Å². The number of aromatic nitrogens is 3. The molecule has 4 rings (SSSR count). The number of ether oxygens (including phenoxy) is 3. The Morgan fingerprint density at radius 1 is 0.731 bits per heavy atom. The monoisotopic (exact) mass is 1110 g/mol. The number of nitrogens with two attached hydrogens (primary N) is 1. The molecule has 78 heavy (non-hydrogen) atoms. The van der Waals surface area contributed by atoms with Gasteiger partial charge in [-0.3, -0.25) is 28.3 Å². The quantitative estimate of drug-likeness (QED) is 0.00714. The number of phosphoric ester groups is 1. The molecule has 0 aliphatic rings. The maximum absolute atomic E-state index is 14.3. The fourth-order valence-electron chi connectivity index (χ4n) is 8.37. The van der Waals surface area contributed by atoms with E-state index in [0.29, 0.717) is 52.3 Å². The van der Waals surface area contributed by atoms with Crippen molar-refractivity contribution in [2.24, 2.45) is 23.7 Å². The van der Waals surface area contributed by atoms with Crippen LogP contribution in [0, 0.1) is 5.92 Å². The van der Waals surface area contributed by atoms with E-state index >= 15 is 0 Å². The number of rotatable bonds is 40. The number of amides is 2. The molecule has 4 aromatic rings. The second kappa shape index (κ2) is 35.7. The van der Waals surface area contributed by atoms with E-state index in [9.17, 15) is 28.6 Å². The molecule has 20 heteroatoms. The number of pyridine rings is 1. The number of aryl methyl sites for hydroxylation is 1. The van der Waals surface area contributed by atoms with Gasteiger partial charge in [0.05, 0.1) is 77.5 Å². The molecule has 4 N–H and O–H groups in total. The summed E-state index contributed by atoms with van der Waals surface area (Å²) in [5.74, 6) is -1.21. The second-order valence-electron chi connectivity index (χ2n) is 21.0. The predicted octanol–water partition coefficient (Wildman–Crippen LogP) is 11.5. The number of nitrogens with one attached hydrogen (secondary N) is 1. The van der Waals surface area contributed by atoms with Gasteiger partial charge in [-0.1, -0.05) is 123 Å². The molecule has 432 valence electrons. The fourth-order valence-corrected chi connectivity index (χ4v) is 9.15. The molecule has 2 aromatic heterocycles. The molecular formula is C58H90N8O11P+. The molecule has 2 unspecified atom stereocenters. The van der Waals surface area contributed by atoms with Crippen molar-refractivity contribution in [2.75, 3.05) is 77.5 Å². The summed E-state index contributed by atoms with van der Waals surface area (Å²) in [6.45, 7) is 4.33. The highest BCUT2D eigenvalue weighted by Gasteiger charge is 2.27. The average molecular weight is 1110 g/mol. The summed E-state index contributed by atoms with van der Waals surface area (Å²) in [5.41, 5.74) is 9.08. The molecule has 0 fully saturated rings. The number of esters is 2. The molecule has 2 amide bonds. The second-order valence-corrected chi connectivity index (χ2v) is 22.4. The molecule has 0 radical (unpaired) electrons. The first kappa shape index (κ1) is 64.8. The van der Waals surface area contributed by atoms with E-state index in [-0.39, 0.29) is 58.3 Å². The van der Waals surface area contributed by atoms with Crippen LogP contribution in [0.1, 0.15) is 164 Å². The lowest BCUT2D eigenvalue weighted by Gasteiger charge is -2.24. The van der Waals surface area contributed by atoms with Gasteiger partial charge in [-0.05, 0) is 67.4 Å². The zero-order valence-electron chi connectivity index (χ0n) is 47.5. The number of carbonyl (C=O) groups excluding carboxylic acids is 4. The topological polar surface area (TPSA) is 236 Å². The Labute approximate surface area is 463 Å². The molecule has 2 aromatic carbocycles. The van der Waals surface area contributed by atoms with Gasteiger partial charge in [-0.2, -0.15) is 4.99 Å². The summed E-state index contributed by atoms with van der Waals surface area (Å²) >= 11 is 0. The van der Waals surface area contributed by atoms with Crippen LogP contribution in [0.4, 0.5) is 16.3 Å². The Morgan fingerprint density at radius 3 is 1.91 bits per heavy atom. The number of fused-ring (bicyclic) bond motifs is 1. The van der Waals surface area contributed by atoms with E-state index in [2.05, 4.69) is 22.2 Å². The van der Waals surface area contributed by atoms with Crippen molar-refractivity contribution in [2.45, 2.75) is 149 Å². The smallest absolute Gasteiger partial charge is 0.465 e. The van der Waals surface area contributed by atoms with Crippen LogP contribution in [-0.4, -0.2) is 121 Å². The molecule has 0 aliphatic heterocycles. The molecule has 0 bridgehead atoms. The molecule has 19 nitrogen and oxygen atoms in total. The van der Waals surface area contributed by atoms with Crippen molar-refractivity contribution in [1.82, 2.24) is 14.5 Å². The first-order chi connectivity index (χ1) is 37.5. The van der Waals surface area contributed by atoms with Crippen LogP contribution >= 0.6 is 7.82 Å². The first-order valence-corrected chi connectivity index (χ1v) is 29.7. The zero-order chi connectivity index (χ0) is 56.6. The lowest BCUT2D eigenvalue weighted by Crippen LogP contribution is -2.37. The number of nitrogens with zero attached hydrogens (tertiary/aromatic N) is 6. The number of likely N-dealkylation sites (N-methyl/N-ethyl adjacent to an activating group) is 1. The van der Waals surface area contributed by atoms with Gasteiger partial charge in [0.2, 0.25) is 0 Å². The Morgan fingerprint density at radius 2 is 1.32 bits per heavy atom. The Balaban J connectivity index is 1.29. The van der Waals surface area contributed by atoms with Crippen molar-refractivity contribution in [1.29, 1.82) is 0 Å². The minimum absolute atomic E-state index is 0.0301. The van der Waals surface area contributed by atoms with Crippen LogP contribution in [0.25, 0.3) is 11.0 Å². The number of phosphoric acid groups is 1. The number of imidazole rings is 1. The SMILES string of the molecule is CCCCCCCCCCCCCCCCCCC(=O)OCC(COC(=O)CCN(C(=O)c1ccc2c(c1)nc(CNc1ccc(/C(N)=N/C(=O)OCCCC)cc1)n2C)c1ccccn1)COP(=O)(O)OCC[N+](C)(C)C. The molecule has 0 aliphatic carbocycles. The number of hydrogen-bond donors (Lipinski definition) is 3. The first-order valence-electron chi connectivity index (χ1n) is 28.3. The van der Waals surface area contributed by atoms with Crippen LogP contribution < -0.4 is 16.0 Å². The fraction of sp³-hybridized carbons (Fsp3) is 0.603. The van der Waals surface area contributed by atoms with Crippen molar-refractivity contribution in [3.05, 3.63) is 83.8 Å². The van der Waals surface area contributed by atoms with Crippen LogP contribution in [0.2, 0.25) is 0 Å². The minimum atomic E-state index is -4.49. The lowest BCUT2D eigenvalue weighted by atomic mass is 10.0. The largest absolute Gasteiger partial charge is 0.472 e. The van der Waals surface area contributed by atoms with E-state index < -0.39 is 37.7 Å². The number of benzene rings is 2. The Hall–Kier alpha value is -5.72. The van der Waals surface area contributed by atoms with Gasteiger partial charge in [0.15, 0.2) is 0 Å². The zero-order valence-corrected chi connectivity index (χ0v) is 48.4. The molecule has 0 saturated carbocycles. The summed E-state index contributed by atoms with van der Waals surface area (Å²) in [6, 6.07) is 17.4. The number of carbonyl (C=O) groups is 4. The number of hydrogen-bond acceptors (Lipinski definition) is 13. The lowest BCUT2D eigenvalue weighted by molar-refractivity contribution is -0.870. The van der Waals surface area contributed by atoms with Crippen molar-refractivity contribution < 1.29 is 56.4 Å². The summed E-state index contributed by atoms with van der Waals surface area (Å²) < 4.78 is 42.0. The highest BCUT2D eigenvalue weighted by atomic mass is 31.2. The maximum Gasteiger partial charge on any atom is 0.472 e. The van der Waals surface area contributed by atoms with Gasteiger partial charge in [-0.25, -0.2) is 19.3 Å². The standard InChI is InChI=1S/C58H89N8O11P/c1-7-9-11-12-13-14-15-16-17-18-19-20-21-22-23-24-28-54(67)74-43-46(45-77-78(71,72)76-40-38-66(4,5)6)44-75-55(68)35-37-65(52-27-25-26-36-60-52)57(69)48-31-34-51-50(41-48)62-53(64(51)3)42-61-49-32-29-47(30-33-49)56(59)63-58(70)73-39-10-8-2/h25-27,29-34,36,41,46H,7-24,28,35,37-40,42-45H2,1-6H3,(H3-,59,61,63,70,71,72)/p+1.